The van der Waals surface area contributed by atoms with Crippen molar-refractivity contribution in [3.05, 3.63) is 47.4 Å². The molecule has 1 aliphatic rings. The maximum absolute atomic E-state index is 5.07. The first-order valence-electron chi connectivity index (χ1n) is 7.38. The van der Waals surface area contributed by atoms with Crippen LogP contribution in [0, 0.1) is 0 Å². The van der Waals surface area contributed by atoms with Crippen molar-refractivity contribution in [3.63, 3.8) is 0 Å². The molecule has 0 N–H and O–H groups in total. The second kappa shape index (κ2) is 28.1. The van der Waals surface area contributed by atoms with E-state index in [1.807, 2.05) is 77.8 Å². The third kappa shape index (κ3) is 21.1. The highest BCUT2D eigenvalue weighted by Crippen LogP contribution is 2.17. The number of thioether (sulfide) groups is 1. The molecular weight excluding hydrogens is 306 g/mol. The zero-order valence-electron chi connectivity index (χ0n) is 14.5. The van der Waals surface area contributed by atoms with Crippen LogP contribution in [-0.2, 0) is 0 Å². The molecule has 1 fully saturated rings. The lowest BCUT2D eigenvalue weighted by Gasteiger charge is -2.06. The number of nitrogens with zero attached hydrogens (tertiary/aromatic N) is 1. The van der Waals surface area contributed by atoms with Gasteiger partial charge in [0.15, 0.2) is 0 Å². The first-order chi connectivity index (χ1) is 10.3. The van der Waals surface area contributed by atoms with E-state index in [-0.39, 0.29) is 7.43 Å². The van der Waals surface area contributed by atoms with Crippen LogP contribution in [0.2, 0.25) is 0 Å². The molecule has 1 heterocycles. The molecule has 126 valence electrons. The van der Waals surface area contributed by atoms with Crippen LogP contribution < -0.4 is 0 Å². The summed E-state index contributed by atoms with van der Waals surface area (Å²) in [4.78, 5) is 2.01. The molecule has 0 bridgehead atoms. The van der Waals surface area contributed by atoms with Crippen molar-refractivity contribution in [1.82, 2.24) is 4.90 Å². The largest absolute Gasteiger partial charge is 0.325 e. The number of allylic oxidation sites excluding steroid dienone is 3. The van der Waals surface area contributed by atoms with E-state index < -0.39 is 0 Å². The Bertz CT molecular complexity index is 410. The molecule has 0 atom stereocenters. The summed E-state index contributed by atoms with van der Waals surface area (Å²) in [5, 5.41) is 0. The summed E-state index contributed by atoms with van der Waals surface area (Å²) < 4.78 is 0.940. The highest BCUT2D eigenvalue weighted by Gasteiger charge is 2.13. The normalized spacial score (nSPS) is 9.77. The molecule has 0 saturated carbocycles. The lowest BCUT2D eigenvalue weighted by molar-refractivity contribution is 0.631. The van der Waals surface area contributed by atoms with E-state index >= 15 is 0 Å². The van der Waals surface area contributed by atoms with Crippen molar-refractivity contribution in [2.75, 3.05) is 12.3 Å². The minimum Gasteiger partial charge on any atom is -0.325 e. The molecule has 0 aromatic heterocycles. The van der Waals surface area contributed by atoms with Crippen LogP contribution in [0.4, 0.5) is 0 Å². The first-order valence-corrected chi connectivity index (χ1v) is 8.78. The quantitative estimate of drug-likeness (QED) is 0.384. The molecule has 0 aromatic carbocycles. The molecule has 3 heteroatoms. The van der Waals surface area contributed by atoms with E-state index in [1.165, 1.54) is 0 Å². The lowest BCUT2D eigenvalue weighted by Crippen LogP contribution is -2.14. The highest BCUT2D eigenvalue weighted by atomic mass is 32.2. The number of hydrogen-bond acceptors (Lipinski definition) is 2. The Morgan fingerprint density at radius 1 is 0.909 bits per heavy atom. The Hall–Kier alpha value is -1.16. The summed E-state index contributed by atoms with van der Waals surface area (Å²) in [6.45, 7) is 14.7. The first kappa shape index (κ1) is 28.9. The average Bonchev–Trinajstić information content (AvgIpc) is 2.95. The van der Waals surface area contributed by atoms with Gasteiger partial charge in [-0.25, -0.2) is 0 Å². The maximum atomic E-state index is 5.07. The zero-order valence-corrected chi connectivity index (χ0v) is 16.1. The van der Waals surface area contributed by atoms with Gasteiger partial charge >= 0.3 is 0 Å². The van der Waals surface area contributed by atoms with Gasteiger partial charge in [-0.05, 0) is 39.0 Å². The number of rotatable bonds is 1. The fraction of sp³-hybridized carbons (Fsp3) is 0.526. The van der Waals surface area contributed by atoms with Crippen LogP contribution in [0.3, 0.4) is 0 Å². The Morgan fingerprint density at radius 3 is 1.64 bits per heavy atom. The van der Waals surface area contributed by atoms with Crippen molar-refractivity contribution < 1.29 is 0 Å². The second-order valence-electron chi connectivity index (χ2n) is 2.88. The van der Waals surface area contributed by atoms with Crippen molar-refractivity contribution in [2.24, 2.45) is 0 Å². The maximum Gasteiger partial charge on any atom is 0.140 e. The van der Waals surface area contributed by atoms with Crippen LogP contribution in [-0.4, -0.2) is 21.5 Å². The van der Waals surface area contributed by atoms with Gasteiger partial charge in [-0.1, -0.05) is 82.0 Å². The monoisotopic (exact) mass is 339 g/mol. The number of thiocarbonyl (C=S) groups is 1. The molecule has 1 rings (SSSR count). The number of hydrogen-bond donors (Lipinski definition) is 0. The molecule has 0 amide bonds. The second-order valence-corrected chi connectivity index (χ2v) is 4.61. The zero-order chi connectivity index (χ0) is 16.9. The molecule has 0 radical (unpaired) electrons. The fourth-order valence-electron chi connectivity index (χ4n) is 0.888. The van der Waals surface area contributed by atoms with Gasteiger partial charge < -0.3 is 4.90 Å². The molecular formula is C19H33NS2. The molecule has 1 nitrogen and oxygen atoms in total. The third-order valence-corrected chi connectivity index (χ3v) is 3.07. The molecule has 1 aliphatic heterocycles. The highest BCUT2D eigenvalue weighted by molar-refractivity contribution is 8.23. The topological polar surface area (TPSA) is 3.24 Å². The predicted octanol–water partition coefficient (Wildman–Crippen LogP) is 6.75. The van der Waals surface area contributed by atoms with Gasteiger partial charge in [-0.2, -0.15) is 0 Å². The van der Waals surface area contributed by atoms with Crippen LogP contribution in [0.1, 0.15) is 55.9 Å². The van der Waals surface area contributed by atoms with E-state index in [2.05, 4.69) is 22.9 Å². The average molecular weight is 340 g/mol. The standard InChI is InChI=1S/C8H9NS2.C6H8.2C2H6.CH4/c1-2-3-4-5-9-6-7-11-8(9)10;1-3-5-6-4-2;2*1-2;/h2,5H,6-7H2,1H3;3-4H,1-2H3;2*1-2H3;1H4. The predicted molar refractivity (Wildman–Crippen MR) is 111 cm³/mol. The van der Waals surface area contributed by atoms with E-state index in [9.17, 15) is 0 Å². The molecule has 0 spiro atoms. The molecule has 22 heavy (non-hydrogen) atoms. The van der Waals surface area contributed by atoms with Crippen LogP contribution in [0.25, 0.3) is 0 Å². The van der Waals surface area contributed by atoms with E-state index in [4.69, 9.17) is 12.2 Å². The Balaban J connectivity index is -0.000000127. The van der Waals surface area contributed by atoms with Crippen LogP contribution in [0.15, 0.2) is 47.4 Å². The van der Waals surface area contributed by atoms with Gasteiger partial charge in [0.25, 0.3) is 0 Å². The summed E-state index contributed by atoms with van der Waals surface area (Å²) in [6, 6.07) is 0. The summed E-state index contributed by atoms with van der Waals surface area (Å²) >= 11 is 6.78. The van der Waals surface area contributed by atoms with E-state index in [0.717, 1.165) is 16.6 Å². The minimum atomic E-state index is 0. The Labute approximate surface area is 148 Å². The Kier molecular flexibility index (Phi) is 36.9. The molecule has 0 aromatic rings. The molecule has 0 aliphatic carbocycles. The smallest absolute Gasteiger partial charge is 0.140 e. The van der Waals surface area contributed by atoms with Crippen molar-refractivity contribution in [2.45, 2.75) is 55.9 Å². The summed E-state index contributed by atoms with van der Waals surface area (Å²) in [7, 11) is 0. The summed E-state index contributed by atoms with van der Waals surface area (Å²) in [5.74, 6) is 1.09. The summed E-state index contributed by atoms with van der Waals surface area (Å²) in [6.07, 6.45) is 7.31. The van der Waals surface area contributed by atoms with Gasteiger partial charge in [0.1, 0.15) is 4.32 Å². The molecule has 0 unspecified atom stereocenters. The lowest BCUT2D eigenvalue weighted by atomic mass is 10.6. The van der Waals surface area contributed by atoms with Crippen molar-refractivity contribution >= 4 is 28.3 Å². The van der Waals surface area contributed by atoms with Crippen molar-refractivity contribution in [3.8, 4) is 0 Å². The van der Waals surface area contributed by atoms with E-state index in [1.54, 1.807) is 11.8 Å². The van der Waals surface area contributed by atoms with Gasteiger partial charge in [0.05, 0.1) is 6.20 Å². The fourth-order valence-corrected chi connectivity index (χ4v) is 2.05. The van der Waals surface area contributed by atoms with Gasteiger partial charge in [0, 0.05) is 12.3 Å². The van der Waals surface area contributed by atoms with Crippen LogP contribution in [0.5, 0.6) is 0 Å². The van der Waals surface area contributed by atoms with Gasteiger partial charge in [-0.3, -0.25) is 0 Å². The van der Waals surface area contributed by atoms with E-state index in [0.29, 0.717) is 0 Å². The SMILES string of the molecule is C.CC.CC.CC=C=C=CC.CC=C=C=CN1CCSC1=S. The minimum absolute atomic E-state index is 0. The van der Waals surface area contributed by atoms with Crippen molar-refractivity contribution in [1.29, 1.82) is 0 Å². The van der Waals surface area contributed by atoms with Gasteiger partial charge in [-0.15, -0.1) is 0 Å². The summed E-state index contributed by atoms with van der Waals surface area (Å²) in [5.41, 5.74) is 11.3. The third-order valence-electron chi connectivity index (χ3n) is 1.61. The molecule has 1 saturated heterocycles. The van der Waals surface area contributed by atoms with Crippen LogP contribution >= 0.6 is 24.0 Å². The Morgan fingerprint density at radius 2 is 1.32 bits per heavy atom. The van der Waals surface area contributed by atoms with Gasteiger partial charge in [0.2, 0.25) is 0 Å².